The van der Waals surface area contributed by atoms with Gasteiger partial charge in [-0.2, -0.15) is 8.42 Å². The normalized spacial score (nSPS) is 13.4. The first-order chi connectivity index (χ1) is 5.85. The van der Waals surface area contributed by atoms with Gasteiger partial charge in [0, 0.05) is 6.08 Å². The molecule has 0 aromatic heterocycles. The van der Waals surface area contributed by atoms with Crippen LogP contribution in [0.15, 0.2) is 12.7 Å². The fraction of sp³-hybridized carbons (Fsp3) is 0.571. The molecule has 0 radical (unpaired) electrons. The zero-order valence-electron chi connectivity index (χ0n) is 7.52. The van der Waals surface area contributed by atoms with Crippen LogP contribution in [0.5, 0.6) is 0 Å². The fourth-order valence-electron chi connectivity index (χ4n) is 0.585. The molecular weight excluding hydrogens is 196 g/mol. The predicted molar refractivity (Wildman–Crippen MR) is 46.5 cm³/mol. The molecule has 5 nitrogen and oxygen atoms in total. The largest absolute Gasteiger partial charge is 0.460 e. The lowest BCUT2D eigenvalue weighted by Crippen LogP contribution is -2.21. The summed E-state index contributed by atoms with van der Waals surface area (Å²) in [7, 11) is -3.50. The molecule has 0 fully saturated rings. The Hall–Kier alpha value is -0.880. The summed E-state index contributed by atoms with van der Waals surface area (Å²) in [6, 6.07) is 0. The number of carbonyl (C=O) groups is 1. The monoisotopic (exact) mass is 208 g/mol. The molecule has 6 heteroatoms. The third-order valence-corrected chi connectivity index (χ3v) is 1.64. The topological polar surface area (TPSA) is 69.7 Å². The van der Waals surface area contributed by atoms with E-state index in [1.165, 1.54) is 6.92 Å². The minimum atomic E-state index is -3.50. The first-order valence-corrected chi connectivity index (χ1v) is 5.34. The van der Waals surface area contributed by atoms with Crippen LogP contribution in [0.4, 0.5) is 0 Å². The van der Waals surface area contributed by atoms with Crippen LogP contribution in [-0.2, 0) is 23.8 Å². The molecule has 0 aliphatic carbocycles. The first kappa shape index (κ1) is 12.1. The zero-order valence-corrected chi connectivity index (χ0v) is 8.33. The molecule has 1 atom stereocenters. The van der Waals surface area contributed by atoms with Gasteiger partial charge in [-0.1, -0.05) is 6.58 Å². The molecule has 0 rings (SSSR count). The van der Waals surface area contributed by atoms with Gasteiger partial charge in [-0.05, 0) is 6.92 Å². The number of rotatable bonds is 5. The van der Waals surface area contributed by atoms with Crippen molar-refractivity contribution in [3.63, 3.8) is 0 Å². The lowest BCUT2D eigenvalue weighted by molar-refractivity contribution is -0.139. The molecule has 0 amide bonds. The Morgan fingerprint density at radius 1 is 1.62 bits per heavy atom. The maximum Gasteiger partial charge on any atom is 0.330 e. The van der Waals surface area contributed by atoms with E-state index in [9.17, 15) is 13.2 Å². The van der Waals surface area contributed by atoms with Gasteiger partial charge in [-0.3, -0.25) is 4.18 Å². The first-order valence-electron chi connectivity index (χ1n) is 3.52. The number of ether oxygens (including phenoxy) is 1. The van der Waals surface area contributed by atoms with Crippen molar-refractivity contribution >= 4 is 16.1 Å². The molecule has 13 heavy (non-hydrogen) atoms. The van der Waals surface area contributed by atoms with Gasteiger partial charge in [-0.25, -0.2) is 4.79 Å². The summed E-state index contributed by atoms with van der Waals surface area (Å²) in [5.74, 6) is -0.607. The second-order valence-electron chi connectivity index (χ2n) is 2.45. The average Bonchev–Trinajstić information content (AvgIpc) is 1.97. The van der Waals surface area contributed by atoms with Gasteiger partial charge < -0.3 is 4.74 Å². The highest BCUT2D eigenvalue weighted by Gasteiger charge is 2.11. The van der Waals surface area contributed by atoms with Gasteiger partial charge in [0.15, 0.2) is 0 Å². The van der Waals surface area contributed by atoms with E-state index in [0.717, 1.165) is 12.3 Å². The highest BCUT2D eigenvalue weighted by Crippen LogP contribution is 1.97. The highest BCUT2D eigenvalue weighted by molar-refractivity contribution is 7.86. The molecule has 0 aliphatic heterocycles. The predicted octanol–water partition coefficient (Wildman–Crippen LogP) is 0.0803. The van der Waals surface area contributed by atoms with Crippen LogP contribution in [0.25, 0.3) is 0 Å². The number of hydrogen-bond acceptors (Lipinski definition) is 5. The lowest BCUT2D eigenvalue weighted by atomic mass is 10.4. The lowest BCUT2D eigenvalue weighted by Gasteiger charge is -2.09. The van der Waals surface area contributed by atoms with Crippen LogP contribution in [-0.4, -0.2) is 33.4 Å². The van der Waals surface area contributed by atoms with Crippen molar-refractivity contribution in [2.24, 2.45) is 0 Å². The van der Waals surface area contributed by atoms with Crippen molar-refractivity contribution in [3.05, 3.63) is 12.7 Å². The van der Waals surface area contributed by atoms with Crippen molar-refractivity contribution in [2.45, 2.75) is 13.0 Å². The number of carbonyl (C=O) groups excluding carboxylic acids is 1. The van der Waals surface area contributed by atoms with Crippen LogP contribution in [0.2, 0.25) is 0 Å². The molecule has 76 valence electrons. The molecule has 0 heterocycles. The molecule has 0 aromatic rings. The van der Waals surface area contributed by atoms with Crippen LogP contribution in [0.3, 0.4) is 0 Å². The Balaban J connectivity index is 3.83. The molecule has 1 unspecified atom stereocenters. The molecule has 0 saturated carbocycles. The van der Waals surface area contributed by atoms with E-state index in [4.69, 9.17) is 0 Å². The van der Waals surface area contributed by atoms with E-state index in [2.05, 4.69) is 15.5 Å². The third-order valence-electron chi connectivity index (χ3n) is 0.966. The Morgan fingerprint density at radius 2 is 2.15 bits per heavy atom. The van der Waals surface area contributed by atoms with E-state index in [-0.39, 0.29) is 6.61 Å². The number of esters is 1. The van der Waals surface area contributed by atoms with Crippen LogP contribution >= 0.6 is 0 Å². The smallest absolute Gasteiger partial charge is 0.330 e. The van der Waals surface area contributed by atoms with Crippen molar-refractivity contribution < 1.29 is 22.1 Å². The molecule has 0 bridgehead atoms. The summed E-state index contributed by atoms with van der Waals surface area (Å²) >= 11 is 0. The second kappa shape index (κ2) is 4.98. The summed E-state index contributed by atoms with van der Waals surface area (Å²) in [5, 5.41) is 0. The Labute approximate surface area is 77.5 Å². The molecule has 0 N–H and O–H groups in total. The SMILES string of the molecule is C=CC(=O)OCC(C)OS(C)(=O)=O. The van der Waals surface area contributed by atoms with Gasteiger partial charge in [-0.15, -0.1) is 0 Å². The minimum Gasteiger partial charge on any atom is -0.460 e. The van der Waals surface area contributed by atoms with Gasteiger partial charge >= 0.3 is 5.97 Å². The van der Waals surface area contributed by atoms with Gasteiger partial charge in [0.25, 0.3) is 10.1 Å². The van der Waals surface area contributed by atoms with E-state index < -0.39 is 22.2 Å². The van der Waals surface area contributed by atoms with Crippen molar-refractivity contribution in [1.82, 2.24) is 0 Å². The summed E-state index contributed by atoms with van der Waals surface area (Å²) in [5.41, 5.74) is 0. The second-order valence-corrected chi connectivity index (χ2v) is 4.05. The van der Waals surface area contributed by atoms with Crippen molar-refractivity contribution in [3.8, 4) is 0 Å². The fourth-order valence-corrected chi connectivity index (χ4v) is 1.24. The summed E-state index contributed by atoms with van der Waals surface area (Å²) < 4.78 is 30.2. The van der Waals surface area contributed by atoms with E-state index >= 15 is 0 Å². The Kier molecular flexibility index (Phi) is 4.64. The van der Waals surface area contributed by atoms with E-state index in [1.54, 1.807) is 0 Å². The van der Waals surface area contributed by atoms with Gasteiger partial charge in [0.05, 0.1) is 6.26 Å². The minimum absolute atomic E-state index is 0.113. The summed E-state index contributed by atoms with van der Waals surface area (Å²) in [6.07, 6.45) is 1.24. The van der Waals surface area contributed by atoms with E-state index in [1.807, 2.05) is 0 Å². The van der Waals surface area contributed by atoms with E-state index in [0.29, 0.717) is 0 Å². The van der Waals surface area contributed by atoms with Crippen LogP contribution in [0, 0.1) is 0 Å². The number of hydrogen-bond donors (Lipinski definition) is 0. The molecular formula is C7H12O5S. The van der Waals surface area contributed by atoms with Crippen molar-refractivity contribution in [1.29, 1.82) is 0 Å². The molecule has 0 spiro atoms. The summed E-state index contributed by atoms with van der Waals surface area (Å²) in [4.78, 5) is 10.5. The van der Waals surface area contributed by atoms with Gasteiger partial charge in [0.2, 0.25) is 0 Å². The quantitative estimate of drug-likeness (QED) is 0.363. The zero-order chi connectivity index (χ0) is 10.5. The molecule has 0 saturated heterocycles. The van der Waals surface area contributed by atoms with Crippen molar-refractivity contribution in [2.75, 3.05) is 12.9 Å². The molecule has 0 aliphatic rings. The standard InChI is InChI=1S/C7H12O5S/c1-4-7(8)11-5-6(2)12-13(3,9)10/h4,6H,1,5H2,2-3H3. The summed E-state index contributed by atoms with van der Waals surface area (Å²) in [6.45, 7) is 4.55. The van der Waals surface area contributed by atoms with Crippen LogP contribution < -0.4 is 0 Å². The average molecular weight is 208 g/mol. The Morgan fingerprint density at radius 3 is 2.54 bits per heavy atom. The Bertz CT molecular complexity index is 279. The maximum absolute atomic E-state index is 10.6. The van der Waals surface area contributed by atoms with Crippen LogP contribution in [0.1, 0.15) is 6.92 Å². The highest BCUT2D eigenvalue weighted by atomic mass is 32.2. The molecule has 0 aromatic carbocycles. The third kappa shape index (κ3) is 7.48. The maximum atomic E-state index is 10.6. The van der Waals surface area contributed by atoms with Gasteiger partial charge in [0.1, 0.15) is 12.7 Å².